The van der Waals surface area contributed by atoms with E-state index in [9.17, 15) is 4.79 Å². The average molecular weight is 317 g/mol. The second kappa shape index (κ2) is 6.76. The highest BCUT2D eigenvalue weighted by molar-refractivity contribution is 6.35. The molecule has 0 unspecified atom stereocenters. The van der Waals surface area contributed by atoms with Gasteiger partial charge >= 0.3 is 0 Å². The number of nitrogens with one attached hydrogen (secondary N) is 1. The van der Waals surface area contributed by atoms with E-state index in [0.717, 1.165) is 13.1 Å². The summed E-state index contributed by atoms with van der Waals surface area (Å²) < 4.78 is 5.64. The van der Waals surface area contributed by atoms with Gasteiger partial charge in [0.2, 0.25) is 5.91 Å². The number of nitrogens with zero attached hydrogens (tertiary/aromatic N) is 1. The summed E-state index contributed by atoms with van der Waals surface area (Å²) in [6.45, 7) is 5.84. The molecule has 2 atom stereocenters. The zero-order valence-corrected chi connectivity index (χ0v) is 13.0. The Morgan fingerprint density at radius 3 is 2.65 bits per heavy atom. The van der Waals surface area contributed by atoms with Crippen molar-refractivity contribution in [1.29, 1.82) is 0 Å². The Kier molecular flexibility index (Phi) is 5.27. The van der Waals surface area contributed by atoms with Crippen LogP contribution in [0.5, 0.6) is 0 Å². The van der Waals surface area contributed by atoms with Crippen LogP contribution in [0.2, 0.25) is 10.0 Å². The van der Waals surface area contributed by atoms with E-state index in [0.29, 0.717) is 22.3 Å². The van der Waals surface area contributed by atoms with E-state index >= 15 is 0 Å². The van der Waals surface area contributed by atoms with Crippen molar-refractivity contribution in [2.75, 3.05) is 25.0 Å². The lowest BCUT2D eigenvalue weighted by molar-refractivity contribution is -0.121. The largest absolute Gasteiger partial charge is 0.373 e. The van der Waals surface area contributed by atoms with Crippen LogP contribution in [0.15, 0.2) is 18.2 Å². The van der Waals surface area contributed by atoms with Crippen molar-refractivity contribution in [3.8, 4) is 0 Å². The van der Waals surface area contributed by atoms with Crippen molar-refractivity contribution in [3.63, 3.8) is 0 Å². The van der Waals surface area contributed by atoms with Gasteiger partial charge in [0.25, 0.3) is 0 Å². The van der Waals surface area contributed by atoms with Gasteiger partial charge in [-0.15, -0.1) is 0 Å². The minimum atomic E-state index is -0.101. The molecule has 1 heterocycles. The first-order valence-corrected chi connectivity index (χ1v) is 7.32. The summed E-state index contributed by atoms with van der Waals surface area (Å²) in [5.74, 6) is -0.101. The number of hydrogen-bond acceptors (Lipinski definition) is 3. The Balaban J connectivity index is 1.93. The smallest absolute Gasteiger partial charge is 0.238 e. The van der Waals surface area contributed by atoms with Crippen molar-refractivity contribution in [2.45, 2.75) is 26.1 Å². The summed E-state index contributed by atoms with van der Waals surface area (Å²) in [5, 5.41) is 3.81. The second-order valence-corrected chi connectivity index (χ2v) is 5.97. The molecule has 1 aliphatic rings. The van der Waals surface area contributed by atoms with E-state index in [1.807, 2.05) is 13.8 Å². The van der Waals surface area contributed by atoms with E-state index in [1.165, 1.54) is 0 Å². The molecule has 0 spiro atoms. The standard InChI is InChI=1S/C14H18Cl2N2O2/c1-9-6-18(7-10(2)20-9)8-14(19)17-13-5-11(15)3-4-12(13)16/h3-5,9-10H,6-8H2,1-2H3,(H,17,19)/t9-,10+. The van der Waals surface area contributed by atoms with Crippen molar-refractivity contribution < 1.29 is 9.53 Å². The Morgan fingerprint density at radius 1 is 1.35 bits per heavy atom. The van der Waals surface area contributed by atoms with Crippen LogP contribution < -0.4 is 5.32 Å². The third-order valence-electron chi connectivity index (χ3n) is 3.06. The molecule has 0 aliphatic carbocycles. The number of hydrogen-bond donors (Lipinski definition) is 1. The molecular formula is C14H18Cl2N2O2. The van der Waals surface area contributed by atoms with Crippen molar-refractivity contribution in [1.82, 2.24) is 4.90 Å². The summed E-state index contributed by atoms with van der Waals surface area (Å²) in [7, 11) is 0. The molecule has 6 heteroatoms. The monoisotopic (exact) mass is 316 g/mol. The molecule has 1 amide bonds. The molecule has 1 aromatic rings. The number of ether oxygens (including phenoxy) is 1. The lowest BCUT2D eigenvalue weighted by Crippen LogP contribution is -2.48. The van der Waals surface area contributed by atoms with E-state index in [-0.39, 0.29) is 18.1 Å². The Bertz CT molecular complexity index is 486. The first kappa shape index (κ1) is 15.6. The molecule has 20 heavy (non-hydrogen) atoms. The normalized spacial score (nSPS) is 23.6. The molecule has 0 bridgehead atoms. The lowest BCUT2D eigenvalue weighted by atomic mass is 10.2. The van der Waals surface area contributed by atoms with Gasteiger partial charge in [0.15, 0.2) is 0 Å². The van der Waals surface area contributed by atoms with Gasteiger partial charge in [0.05, 0.1) is 29.5 Å². The number of carbonyl (C=O) groups excluding carboxylic acids is 1. The molecule has 2 rings (SSSR count). The number of anilines is 1. The molecule has 1 fully saturated rings. The third-order valence-corrected chi connectivity index (χ3v) is 3.63. The van der Waals surface area contributed by atoms with Gasteiger partial charge in [0, 0.05) is 18.1 Å². The van der Waals surface area contributed by atoms with Gasteiger partial charge in [-0.3, -0.25) is 9.69 Å². The van der Waals surface area contributed by atoms with Gasteiger partial charge in [-0.1, -0.05) is 23.2 Å². The number of rotatable bonds is 3. The summed E-state index contributed by atoms with van der Waals surface area (Å²) in [5.41, 5.74) is 0.540. The fraction of sp³-hybridized carbons (Fsp3) is 0.500. The van der Waals surface area contributed by atoms with E-state index in [4.69, 9.17) is 27.9 Å². The molecule has 110 valence electrons. The molecule has 1 aromatic carbocycles. The zero-order chi connectivity index (χ0) is 14.7. The first-order valence-electron chi connectivity index (χ1n) is 6.56. The van der Waals surface area contributed by atoms with Crippen LogP contribution in [0.3, 0.4) is 0 Å². The van der Waals surface area contributed by atoms with Gasteiger partial charge in [-0.25, -0.2) is 0 Å². The number of amides is 1. The number of morpholine rings is 1. The van der Waals surface area contributed by atoms with Crippen molar-refractivity contribution in [2.24, 2.45) is 0 Å². The molecule has 0 saturated carbocycles. The Labute approximate surface area is 129 Å². The topological polar surface area (TPSA) is 41.6 Å². The van der Waals surface area contributed by atoms with Crippen LogP contribution in [0.4, 0.5) is 5.69 Å². The van der Waals surface area contributed by atoms with Crippen LogP contribution in [0.25, 0.3) is 0 Å². The molecule has 1 N–H and O–H groups in total. The van der Waals surface area contributed by atoms with Crippen LogP contribution in [-0.4, -0.2) is 42.6 Å². The molecule has 1 saturated heterocycles. The fourth-order valence-electron chi connectivity index (χ4n) is 2.40. The van der Waals surface area contributed by atoms with Gasteiger partial charge in [-0.2, -0.15) is 0 Å². The maximum atomic E-state index is 12.1. The zero-order valence-electron chi connectivity index (χ0n) is 11.5. The fourth-order valence-corrected chi connectivity index (χ4v) is 2.74. The summed E-state index contributed by atoms with van der Waals surface area (Å²) in [6.07, 6.45) is 0.280. The summed E-state index contributed by atoms with van der Waals surface area (Å²) in [4.78, 5) is 14.1. The molecule has 0 aromatic heterocycles. The minimum Gasteiger partial charge on any atom is -0.373 e. The van der Waals surface area contributed by atoms with Crippen molar-refractivity contribution >= 4 is 34.8 Å². The van der Waals surface area contributed by atoms with E-state index < -0.39 is 0 Å². The van der Waals surface area contributed by atoms with Crippen LogP contribution in [-0.2, 0) is 9.53 Å². The van der Waals surface area contributed by atoms with Crippen LogP contribution >= 0.6 is 23.2 Å². The maximum Gasteiger partial charge on any atom is 0.238 e. The predicted octanol–water partition coefficient (Wildman–Crippen LogP) is 3.04. The number of benzene rings is 1. The molecule has 4 nitrogen and oxygen atoms in total. The quantitative estimate of drug-likeness (QED) is 0.932. The summed E-state index contributed by atoms with van der Waals surface area (Å²) >= 11 is 11.9. The van der Waals surface area contributed by atoms with E-state index in [2.05, 4.69) is 10.2 Å². The van der Waals surface area contributed by atoms with Crippen LogP contribution in [0.1, 0.15) is 13.8 Å². The van der Waals surface area contributed by atoms with Crippen molar-refractivity contribution in [3.05, 3.63) is 28.2 Å². The maximum absolute atomic E-state index is 12.1. The Morgan fingerprint density at radius 2 is 2.00 bits per heavy atom. The van der Waals surface area contributed by atoms with Crippen LogP contribution in [0, 0.1) is 0 Å². The molecule has 1 aliphatic heterocycles. The second-order valence-electron chi connectivity index (χ2n) is 5.12. The predicted molar refractivity (Wildman–Crippen MR) is 81.5 cm³/mol. The van der Waals surface area contributed by atoms with Gasteiger partial charge < -0.3 is 10.1 Å². The Hall–Kier alpha value is -0.810. The third kappa shape index (κ3) is 4.35. The lowest BCUT2D eigenvalue weighted by Gasteiger charge is -2.34. The first-order chi connectivity index (χ1) is 9.44. The SMILES string of the molecule is C[C@@H]1CN(CC(=O)Nc2cc(Cl)ccc2Cl)C[C@H](C)O1. The highest BCUT2D eigenvalue weighted by Gasteiger charge is 2.23. The van der Waals surface area contributed by atoms with Gasteiger partial charge in [-0.05, 0) is 32.0 Å². The highest BCUT2D eigenvalue weighted by atomic mass is 35.5. The molecule has 0 radical (unpaired) electrons. The summed E-state index contributed by atoms with van der Waals surface area (Å²) in [6, 6.07) is 5.00. The highest BCUT2D eigenvalue weighted by Crippen LogP contribution is 2.25. The minimum absolute atomic E-state index is 0.101. The number of carbonyl (C=O) groups is 1. The molecular weight excluding hydrogens is 299 g/mol. The number of halogens is 2. The van der Waals surface area contributed by atoms with E-state index in [1.54, 1.807) is 18.2 Å². The van der Waals surface area contributed by atoms with Gasteiger partial charge in [0.1, 0.15) is 0 Å². The average Bonchev–Trinajstić information content (AvgIpc) is 2.32.